The predicted octanol–water partition coefficient (Wildman–Crippen LogP) is 2.83. The largest absolute Gasteiger partial charge is 0.493 e. The van der Waals surface area contributed by atoms with Gasteiger partial charge in [0.25, 0.3) is 0 Å². The predicted molar refractivity (Wildman–Crippen MR) is 67.1 cm³/mol. The summed E-state index contributed by atoms with van der Waals surface area (Å²) in [4.78, 5) is 10.7. The van der Waals surface area contributed by atoms with Crippen molar-refractivity contribution in [1.29, 1.82) is 0 Å². The van der Waals surface area contributed by atoms with Crippen molar-refractivity contribution in [3.8, 4) is 17.1 Å². The molecule has 0 atom stereocenters. The van der Waals surface area contributed by atoms with Gasteiger partial charge in [-0.25, -0.2) is 4.79 Å². The number of carboxylic acids is 1. The van der Waals surface area contributed by atoms with E-state index >= 15 is 0 Å². The third-order valence-electron chi connectivity index (χ3n) is 3.05. The smallest absolute Gasteiger partial charge is 0.358 e. The van der Waals surface area contributed by atoms with Gasteiger partial charge in [-0.2, -0.15) is 0 Å². The van der Waals surface area contributed by atoms with Crippen LogP contribution < -0.4 is 4.74 Å². The fourth-order valence-electron chi connectivity index (χ4n) is 1.73. The van der Waals surface area contributed by atoms with E-state index in [0.29, 0.717) is 11.7 Å². The van der Waals surface area contributed by atoms with Gasteiger partial charge in [0.05, 0.1) is 6.61 Å². The molecule has 3 rings (SSSR count). The van der Waals surface area contributed by atoms with Gasteiger partial charge in [0.2, 0.25) is 0 Å². The molecular formula is C14H13NO4. The zero-order valence-electron chi connectivity index (χ0n) is 10.2. The van der Waals surface area contributed by atoms with Crippen LogP contribution in [0.2, 0.25) is 0 Å². The molecule has 1 fully saturated rings. The van der Waals surface area contributed by atoms with E-state index in [1.807, 2.05) is 24.3 Å². The fourth-order valence-corrected chi connectivity index (χ4v) is 1.73. The van der Waals surface area contributed by atoms with Crippen LogP contribution in [0.5, 0.6) is 5.75 Å². The summed E-state index contributed by atoms with van der Waals surface area (Å²) >= 11 is 0. The highest BCUT2D eigenvalue weighted by molar-refractivity contribution is 5.86. The van der Waals surface area contributed by atoms with Crippen LogP contribution in [0.3, 0.4) is 0 Å². The van der Waals surface area contributed by atoms with Crippen molar-refractivity contribution in [3.63, 3.8) is 0 Å². The van der Waals surface area contributed by atoms with Gasteiger partial charge in [0.1, 0.15) is 5.75 Å². The van der Waals surface area contributed by atoms with Crippen LogP contribution >= 0.6 is 0 Å². The lowest BCUT2D eigenvalue weighted by Crippen LogP contribution is -1.98. The first-order chi connectivity index (χ1) is 9.22. The summed E-state index contributed by atoms with van der Waals surface area (Å²) in [6, 6.07) is 8.76. The Morgan fingerprint density at radius 2 is 2.11 bits per heavy atom. The van der Waals surface area contributed by atoms with Crippen LogP contribution in [0.25, 0.3) is 11.3 Å². The highest BCUT2D eigenvalue weighted by atomic mass is 16.5. The van der Waals surface area contributed by atoms with Crippen molar-refractivity contribution >= 4 is 5.97 Å². The molecule has 1 saturated carbocycles. The summed E-state index contributed by atoms with van der Waals surface area (Å²) in [5, 5.41) is 12.3. The standard InChI is InChI=1S/C14H13NO4/c16-14(17)12-7-13(19-15-12)10-3-5-11(6-4-10)18-8-9-1-2-9/h3-7,9H,1-2,8H2,(H,16,17). The van der Waals surface area contributed by atoms with Crippen LogP contribution in [0, 0.1) is 5.92 Å². The Morgan fingerprint density at radius 1 is 1.37 bits per heavy atom. The van der Waals surface area contributed by atoms with Gasteiger partial charge in [-0.3, -0.25) is 0 Å². The quantitative estimate of drug-likeness (QED) is 0.893. The normalized spacial score (nSPS) is 14.3. The number of rotatable bonds is 5. The molecule has 0 bridgehead atoms. The molecule has 1 N–H and O–H groups in total. The molecule has 98 valence electrons. The fraction of sp³-hybridized carbons (Fsp3) is 0.286. The van der Waals surface area contributed by atoms with Gasteiger partial charge >= 0.3 is 5.97 Å². The molecule has 1 aromatic heterocycles. The molecule has 1 aliphatic carbocycles. The number of hydrogen-bond donors (Lipinski definition) is 1. The minimum atomic E-state index is -1.10. The molecule has 0 saturated heterocycles. The van der Waals surface area contributed by atoms with Crippen molar-refractivity contribution in [3.05, 3.63) is 36.0 Å². The maximum absolute atomic E-state index is 10.7. The minimum absolute atomic E-state index is 0.0935. The third kappa shape index (κ3) is 2.76. The van der Waals surface area contributed by atoms with E-state index in [2.05, 4.69) is 5.16 Å². The van der Waals surface area contributed by atoms with Gasteiger partial charge < -0.3 is 14.4 Å². The van der Waals surface area contributed by atoms with Crippen molar-refractivity contribution in [1.82, 2.24) is 5.16 Å². The molecule has 1 aliphatic rings. The zero-order valence-corrected chi connectivity index (χ0v) is 10.2. The lowest BCUT2D eigenvalue weighted by molar-refractivity contribution is 0.0686. The summed E-state index contributed by atoms with van der Waals surface area (Å²) in [6.45, 7) is 0.769. The molecule has 1 heterocycles. The van der Waals surface area contributed by atoms with Crippen molar-refractivity contribution in [2.75, 3.05) is 6.61 Å². The Hall–Kier alpha value is -2.30. The van der Waals surface area contributed by atoms with Crippen molar-refractivity contribution < 1.29 is 19.2 Å². The van der Waals surface area contributed by atoms with Crippen molar-refractivity contribution in [2.45, 2.75) is 12.8 Å². The molecular weight excluding hydrogens is 246 g/mol. The molecule has 5 heteroatoms. The van der Waals surface area contributed by atoms with E-state index < -0.39 is 5.97 Å². The lowest BCUT2D eigenvalue weighted by atomic mass is 10.1. The number of ether oxygens (including phenoxy) is 1. The Bertz CT molecular complexity index is 584. The van der Waals surface area contributed by atoms with Gasteiger partial charge in [-0.15, -0.1) is 0 Å². The van der Waals surface area contributed by atoms with Crippen LogP contribution in [-0.4, -0.2) is 22.8 Å². The molecule has 0 spiro atoms. The first-order valence-electron chi connectivity index (χ1n) is 6.15. The topological polar surface area (TPSA) is 72.6 Å². The maximum atomic E-state index is 10.7. The second-order valence-corrected chi connectivity index (χ2v) is 4.66. The summed E-state index contributed by atoms with van der Waals surface area (Å²) < 4.78 is 10.6. The summed E-state index contributed by atoms with van der Waals surface area (Å²) in [6.07, 6.45) is 2.52. The van der Waals surface area contributed by atoms with Crippen LogP contribution in [-0.2, 0) is 0 Å². The lowest BCUT2D eigenvalue weighted by Gasteiger charge is -2.04. The molecule has 5 nitrogen and oxygen atoms in total. The number of hydrogen-bond acceptors (Lipinski definition) is 4. The third-order valence-corrected chi connectivity index (χ3v) is 3.05. The van der Waals surface area contributed by atoms with E-state index in [1.54, 1.807) is 0 Å². The van der Waals surface area contributed by atoms with E-state index in [1.165, 1.54) is 18.9 Å². The maximum Gasteiger partial charge on any atom is 0.358 e. The number of nitrogens with zero attached hydrogens (tertiary/aromatic N) is 1. The van der Waals surface area contributed by atoms with E-state index in [0.717, 1.165) is 17.9 Å². The second-order valence-electron chi connectivity index (χ2n) is 4.66. The zero-order chi connectivity index (χ0) is 13.2. The van der Waals surface area contributed by atoms with Crippen LogP contribution in [0.15, 0.2) is 34.9 Å². The van der Waals surface area contributed by atoms with E-state index in [9.17, 15) is 4.79 Å². The molecule has 0 radical (unpaired) electrons. The molecule has 0 unspecified atom stereocenters. The first-order valence-corrected chi connectivity index (χ1v) is 6.15. The highest BCUT2D eigenvalue weighted by Gasteiger charge is 2.21. The average molecular weight is 259 g/mol. The summed E-state index contributed by atoms with van der Waals surface area (Å²) in [7, 11) is 0. The monoisotopic (exact) mass is 259 g/mol. The number of carboxylic acid groups (broad SMARTS) is 1. The van der Waals surface area contributed by atoms with Gasteiger partial charge in [0, 0.05) is 11.6 Å². The van der Waals surface area contributed by atoms with E-state index in [-0.39, 0.29) is 5.69 Å². The summed E-state index contributed by atoms with van der Waals surface area (Å²) in [5.74, 6) is 0.867. The average Bonchev–Trinajstić information content (AvgIpc) is 3.11. The molecule has 0 amide bonds. The van der Waals surface area contributed by atoms with Crippen LogP contribution in [0.4, 0.5) is 0 Å². The SMILES string of the molecule is O=C(O)c1cc(-c2ccc(OCC3CC3)cc2)on1. The molecule has 2 aromatic rings. The van der Waals surface area contributed by atoms with Crippen LogP contribution in [0.1, 0.15) is 23.3 Å². The minimum Gasteiger partial charge on any atom is -0.493 e. The Morgan fingerprint density at radius 3 is 2.68 bits per heavy atom. The summed E-state index contributed by atoms with van der Waals surface area (Å²) in [5.41, 5.74) is 0.683. The Balaban J connectivity index is 1.71. The van der Waals surface area contributed by atoms with Crippen molar-refractivity contribution in [2.24, 2.45) is 5.92 Å². The Labute approximate surface area is 109 Å². The number of carbonyl (C=O) groups is 1. The second kappa shape index (κ2) is 4.76. The molecule has 0 aliphatic heterocycles. The first kappa shape index (κ1) is 11.8. The van der Waals surface area contributed by atoms with Gasteiger partial charge in [0.15, 0.2) is 11.5 Å². The number of aromatic nitrogens is 1. The Kier molecular flexibility index (Phi) is 2.95. The molecule has 19 heavy (non-hydrogen) atoms. The molecule has 1 aromatic carbocycles. The van der Waals surface area contributed by atoms with Gasteiger partial charge in [-0.05, 0) is 43.0 Å². The van der Waals surface area contributed by atoms with E-state index in [4.69, 9.17) is 14.4 Å². The highest BCUT2D eigenvalue weighted by Crippen LogP contribution is 2.30. The number of benzene rings is 1. The number of aromatic carboxylic acids is 1. The van der Waals surface area contributed by atoms with Gasteiger partial charge in [-0.1, -0.05) is 5.16 Å².